The lowest BCUT2D eigenvalue weighted by Crippen LogP contribution is -2.36. The maximum absolute atomic E-state index is 12.7. The van der Waals surface area contributed by atoms with Crippen molar-refractivity contribution in [3.05, 3.63) is 65.7 Å². The first-order valence-corrected chi connectivity index (χ1v) is 8.70. The van der Waals surface area contributed by atoms with Crippen LogP contribution < -0.4 is 4.90 Å². The summed E-state index contributed by atoms with van der Waals surface area (Å²) in [5.74, 6) is 1.17. The number of aliphatic imine (C=N–C) groups is 1. The highest BCUT2D eigenvalue weighted by atomic mass is 16.1. The minimum Gasteiger partial charge on any atom is -0.322 e. The lowest BCUT2D eigenvalue weighted by atomic mass is 10.1. The van der Waals surface area contributed by atoms with Crippen LogP contribution in [0.5, 0.6) is 0 Å². The van der Waals surface area contributed by atoms with Crippen LogP contribution in [0.3, 0.4) is 0 Å². The van der Waals surface area contributed by atoms with Gasteiger partial charge in [0.25, 0.3) is 0 Å². The van der Waals surface area contributed by atoms with Crippen molar-refractivity contribution < 1.29 is 4.79 Å². The van der Waals surface area contributed by atoms with Crippen molar-refractivity contribution in [2.75, 3.05) is 18.0 Å². The molecule has 124 valence electrons. The predicted octanol–water partition coefficient (Wildman–Crippen LogP) is 4.66. The van der Waals surface area contributed by atoms with Gasteiger partial charge in [0.2, 0.25) is 0 Å². The Labute approximate surface area is 144 Å². The number of hydrogen-bond acceptors (Lipinski definition) is 3. The quantitative estimate of drug-likeness (QED) is 0.768. The standard InChI is InChI=1S/C21H24N2O/c1-17-9-8-12-19(15-17)23(21-13-6-3-7-14-22-21)16-20(24)18-10-4-2-5-11-18/h2,4-5,8-12,15H,3,6-7,13-14,16H2,1H3. The molecular formula is C21H24N2O. The molecule has 0 amide bonds. The zero-order chi connectivity index (χ0) is 16.8. The van der Waals surface area contributed by atoms with Crippen LogP contribution in [-0.4, -0.2) is 24.7 Å². The van der Waals surface area contributed by atoms with Crippen LogP contribution in [-0.2, 0) is 0 Å². The Bertz CT molecular complexity index is 722. The molecule has 0 unspecified atom stereocenters. The van der Waals surface area contributed by atoms with Crippen LogP contribution in [0.2, 0.25) is 0 Å². The number of aryl methyl sites for hydroxylation is 1. The highest BCUT2D eigenvalue weighted by Gasteiger charge is 2.19. The predicted molar refractivity (Wildman–Crippen MR) is 100 cm³/mol. The van der Waals surface area contributed by atoms with E-state index in [2.05, 4.69) is 30.0 Å². The lowest BCUT2D eigenvalue weighted by molar-refractivity contribution is 0.100. The van der Waals surface area contributed by atoms with Crippen LogP contribution >= 0.6 is 0 Å². The molecule has 24 heavy (non-hydrogen) atoms. The van der Waals surface area contributed by atoms with Gasteiger partial charge in [-0.1, -0.05) is 48.9 Å². The summed E-state index contributed by atoms with van der Waals surface area (Å²) >= 11 is 0. The van der Waals surface area contributed by atoms with E-state index in [-0.39, 0.29) is 5.78 Å². The number of carbonyl (C=O) groups is 1. The summed E-state index contributed by atoms with van der Waals surface area (Å²) in [7, 11) is 0. The second kappa shape index (κ2) is 7.91. The highest BCUT2D eigenvalue weighted by molar-refractivity contribution is 6.07. The van der Waals surface area contributed by atoms with Crippen molar-refractivity contribution in [3.63, 3.8) is 0 Å². The number of rotatable bonds is 4. The molecule has 1 aliphatic heterocycles. The summed E-state index contributed by atoms with van der Waals surface area (Å²) in [6.07, 6.45) is 4.43. The van der Waals surface area contributed by atoms with Crippen molar-refractivity contribution in [1.29, 1.82) is 0 Å². The fourth-order valence-corrected chi connectivity index (χ4v) is 3.07. The minimum atomic E-state index is 0.129. The highest BCUT2D eigenvalue weighted by Crippen LogP contribution is 2.21. The first-order valence-electron chi connectivity index (χ1n) is 8.70. The first-order chi connectivity index (χ1) is 11.7. The molecule has 3 rings (SSSR count). The van der Waals surface area contributed by atoms with Gasteiger partial charge in [-0.05, 0) is 37.5 Å². The molecule has 0 aromatic heterocycles. The van der Waals surface area contributed by atoms with Gasteiger partial charge in [0.05, 0.1) is 6.54 Å². The summed E-state index contributed by atoms with van der Waals surface area (Å²) in [5, 5.41) is 0. The van der Waals surface area contributed by atoms with E-state index >= 15 is 0 Å². The Morgan fingerprint density at radius 3 is 2.67 bits per heavy atom. The molecule has 3 heteroatoms. The molecule has 0 saturated heterocycles. The van der Waals surface area contributed by atoms with E-state index in [4.69, 9.17) is 4.99 Å². The molecule has 3 nitrogen and oxygen atoms in total. The van der Waals surface area contributed by atoms with E-state index < -0.39 is 0 Å². The van der Waals surface area contributed by atoms with Gasteiger partial charge in [-0.15, -0.1) is 0 Å². The second-order valence-electron chi connectivity index (χ2n) is 6.32. The molecule has 0 fully saturated rings. The fraction of sp³-hybridized carbons (Fsp3) is 0.333. The number of ketones is 1. The summed E-state index contributed by atoms with van der Waals surface area (Å²) in [4.78, 5) is 19.6. The lowest BCUT2D eigenvalue weighted by Gasteiger charge is -2.26. The maximum atomic E-state index is 12.7. The Hall–Kier alpha value is -2.42. The van der Waals surface area contributed by atoms with E-state index in [9.17, 15) is 4.79 Å². The third kappa shape index (κ3) is 4.10. The van der Waals surface area contributed by atoms with E-state index in [1.165, 1.54) is 12.0 Å². The Balaban J connectivity index is 1.89. The molecule has 0 radical (unpaired) electrons. The molecule has 0 saturated carbocycles. The van der Waals surface area contributed by atoms with Crippen LogP contribution in [0.4, 0.5) is 5.69 Å². The van der Waals surface area contributed by atoms with Crippen LogP contribution in [0.15, 0.2) is 59.6 Å². The third-order valence-corrected chi connectivity index (χ3v) is 4.38. The van der Waals surface area contributed by atoms with E-state index in [0.29, 0.717) is 6.54 Å². The Kier molecular flexibility index (Phi) is 5.42. The molecule has 1 aliphatic rings. The van der Waals surface area contributed by atoms with Gasteiger partial charge in [0, 0.05) is 24.2 Å². The molecule has 0 atom stereocenters. The smallest absolute Gasteiger partial charge is 0.182 e. The van der Waals surface area contributed by atoms with Crippen molar-refractivity contribution in [2.24, 2.45) is 4.99 Å². The molecule has 2 aromatic rings. The second-order valence-corrected chi connectivity index (χ2v) is 6.32. The van der Waals surface area contributed by atoms with E-state index in [1.807, 2.05) is 36.4 Å². The number of benzene rings is 2. The number of carbonyl (C=O) groups excluding carboxylic acids is 1. The molecule has 0 spiro atoms. The molecule has 0 aliphatic carbocycles. The van der Waals surface area contributed by atoms with Gasteiger partial charge < -0.3 is 4.90 Å². The van der Waals surface area contributed by atoms with Gasteiger partial charge in [-0.3, -0.25) is 9.79 Å². The van der Waals surface area contributed by atoms with Gasteiger partial charge in [-0.25, -0.2) is 0 Å². The topological polar surface area (TPSA) is 32.7 Å². The number of amidine groups is 1. The zero-order valence-corrected chi connectivity index (χ0v) is 14.2. The summed E-state index contributed by atoms with van der Waals surface area (Å²) < 4.78 is 0. The zero-order valence-electron chi connectivity index (χ0n) is 14.2. The minimum absolute atomic E-state index is 0.129. The van der Waals surface area contributed by atoms with Crippen LogP contribution in [0.25, 0.3) is 0 Å². The fourth-order valence-electron chi connectivity index (χ4n) is 3.07. The number of nitrogens with zero attached hydrogens (tertiary/aromatic N) is 2. The normalized spacial score (nSPS) is 14.6. The average Bonchev–Trinajstić information content (AvgIpc) is 2.89. The Morgan fingerprint density at radius 2 is 1.88 bits per heavy atom. The van der Waals surface area contributed by atoms with Gasteiger partial charge in [-0.2, -0.15) is 0 Å². The summed E-state index contributed by atoms with van der Waals surface area (Å²) in [5.41, 5.74) is 3.00. The van der Waals surface area contributed by atoms with Gasteiger partial charge in [0.15, 0.2) is 5.78 Å². The van der Waals surface area contributed by atoms with Crippen molar-refractivity contribution >= 4 is 17.3 Å². The van der Waals surface area contributed by atoms with Gasteiger partial charge in [0.1, 0.15) is 5.84 Å². The molecule has 2 aromatic carbocycles. The number of hydrogen-bond donors (Lipinski definition) is 0. The molecule has 1 heterocycles. The summed E-state index contributed by atoms with van der Waals surface area (Å²) in [6, 6.07) is 17.8. The molecule has 0 bridgehead atoms. The third-order valence-electron chi connectivity index (χ3n) is 4.38. The van der Waals surface area contributed by atoms with E-state index in [1.54, 1.807) is 0 Å². The summed E-state index contributed by atoms with van der Waals surface area (Å²) in [6.45, 7) is 3.28. The van der Waals surface area contributed by atoms with Crippen molar-refractivity contribution in [1.82, 2.24) is 0 Å². The average molecular weight is 320 g/mol. The number of Topliss-reactive ketones (excluding diaryl/α,β-unsaturated/α-hetero) is 1. The van der Waals surface area contributed by atoms with Crippen LogP contribution in [0, 0.1) is 6.92 Å². The van der Waals surface area contributed by atoms with Crippen molar-refractivity contribution in [3.8, 4) is 0 Å². The SMILES string of the molecule is Cc1cccc(N(CC(=O)c2ccccc2)C2=NCCCCC2)c1. The maximum Gasteiger partial charge on any atom is 0.182 e. The number of anilines is 1. The monoisotopic (exact) mass is 320 g/mol. The molecule has 0 N–H and O–H groups in total. The Morgan fingerprint density at radius 1 is 1.04 bits per heavy atom. The first kappa shape index (κ1) is 16.4. The van der Waals surface area contributed by atoms with Gasteiger partial charge >= 0.3 is 0 Å². The van der Waals surface area contributed by atoms with E-state index in [0.717, 1.165) is 42.9 Å². The van der Waals surface area contributed by atoms with Crippen LogP contribution in [0.1, 0.15) is 41.6 Å². The largest absolute Gasteiger partial charge is 0.322 e. The molecular weight excluding hydrogens is 296 g/mol. The van der Waals surface area contributed by atoms with Crippen molar-refractivity contribution in [2.45, 2.75) is 32.6 Å².